The lowest BCUT2D eigenvalue weighted by Gasteiger charge is -2.09. The quantitative estimate of drug-likeness (QED) is 0.568. The third kappa shape index (κ3) is 4.27. The Labute approximate surface area is 170 Å². The summed E-state index contributed by atoms with van der Waals surface area (Å²) in [6.45, 7) is -0.340. The Morgan fingerprint density at radius 2 is 1.71 bits per heavy atom. The highest BCUT2D eigenvalue weighted by atomic mass is 35.5. The highest BCUT2D eigenvalue weighted by Gasteiger charge is 2.15. The van der Waals surface area contributed by atoms with Gasteiger partial charge in [-0.05, 0) is 24.3 Å². The van der Waals surface area contributed by atoms with E-state index in [4.69, 9.17) is 23.2 Å². The highest BCUT2D eigenvalue weighted by Crippen LogP contribution is 2.21. The Morgan fingerprint density at radius 3 is 2.46 bits per heavy atom. The van der Waals surface area contributed by atoms with Gasteiger partial charge in [0.15, 0.2) is 0 Å². The smallest absolute Gasteiger partial charge is 0.271 e. The molecule has 144 valence electrons. The van der Waals surface area contributed by atoms with Gasteiger partial charge in [0.1, 0.15) is 0 Å². The van der Waals surface area contributed by atoms with E-state index in [0.29, 0.717) is 10.6 Å². The molecule has 0 unspecified atom stereocenters. The summed E-state index contributed by atoms with van der Waals surface area (Å²) in [7, 11) is 1.83. The molecular formula is C19H16Cl2N4O3. The number of halogens is 2. The van der Waals surface area contributed by atoms with Crippen molar-refractivity contribution < 1.29 is 14.4 Å². The van der Waals surface area contributed by atoms with Gasteiger partial charge >= 0.3 is 0 Å². The second-order valence-corrected chi connectivity index (χ2v) is 6.82. The van der Waals surface area contributed by atoms with Crippen molar-refractivity contribution in [3.63, 3.8) is 0 Å². The van der Waals surface area contributed by atoms with Crippen LogP contribution in [-0.4, -0.2) is 28.8 Å². The molecule has 0 spiro atoms. The summed E-state index contributed by atoms with van der Waals surface area (Å²) in [5, 5.41) is 3.76. The minimum atomic E-state index is -0.591. The van der Waals surface area contributed by atoms with Gasteiger partial charge in [-0.15, -0.1) is 0 Å². The number of fused-ring (bicyclic) bond motifs is 1. The third-order valence-corrected chi connectivity index (χ3v) is 4.59. The van der Waals surface area contributed by atoms with Crippen molar-refractivity contribution in [2.75, 3.05) is 6.54 Å². The predicted octanol–water partition coefficient (Wildman–Crippen LogP) is 2.68. The van der Waals surface area contributed by atoms with Crippen molar-refractivity contribution in [2.24, 2.45) is 7.05 Å². The molecule has 0 radical (unpaired) electrons. The summed E-state index contributed by atoms with van der Waals surface area (Å²) < 4.78 is 1.82. The maximum Gasteiger partial charge on any atom is 0.271 e. The Bertz CT molecular complexity index is 1080. The van der Waals surface area contributed by atoms with Crippen molar-refractivity contribution >= 4 is 51.8 Å². The van der Waals surface area contributed by atoms with Crippen LogP contribution in [0.4, 0.5) is 0 Å². The van der Waals surface area contributed by atoms with Gasteiger partial charge in [-0.25, -0.2) is 0 Å². The lowest BCUT2D eigenvalue weighted by atomic mass is 10.2. The molecule has 1 heterocycles. The first-order valence-corrected chi connectivity index (χ1v) is 8.99. The molecule has 0 fully saturated rings. The molecule has 0 saturated carbocycles. The van der Waals surface area contributed by atoms with E-state index in [1.807, 2.05) is 35.9 Å². The number of nitrogens with zero attached hydrogens (tertiary/aromatic N) is 1. The van der Waals surface area contributed by atoms with Crippen LogP contribution in [0.1, 0.15) is 20.7 Å². The van der Waals surface area contributed by atoms with Crippen LogP contribution in [0.15, 0.2) is 48.7 Å². The minimum absolute atomic E-state index is 0.176. The van der Waals surface area contributed by atoms with E-state index in [0.717, 1.165) is 10.9 Å². The molecule has 0 bridgehead atoms. The number of amides is 3. The number of carbonyl (C=O) groups is 3. The number of aryl methyl sites for hydroxylation is 1. The number of hydrogen-bond acceptors (Lipinski definition) is 3. The number of hydrazine groups is 1. The van der Waals surface area contributed by atoms with E-state index in [2.05, 4.69) is 16.2 Å². The average molecular weight is 419 g/mol. The van der Waals surface area contributed by atoms with Crippen LogP contribution in [-0.2, 0) is 11.8 Å². The summed E-state index contributed by atoms with van der Waals surface area (Å²) in [6.07, 6.45) is 1.68. The number of carbonyl (C=O) groups excluding carboxylic acids is 3. The SMILES string of the molecule is Cn1cc(C(=O)NNC(=O)CNC(=O)c2ccc(Cl)cc2Cl)c2ccccc21. The molecule has 3 aromatic rings. The van der Waals surface area contributed by atoms with E-state index < -0.39 is 17.7 Å². The maximum absolute atomic E-state index is 12.4. The first-order valence-electron chi connectivity index (χ1n) is 8.23. The van der Waals surface area contributed by atoms with Crippen molar-refractivity contribution in [1.29, 1.82) is 0 Å². The summed E-state index contributed by atoms with van der Waals surface area (Å²) in [5.74, 6) is -1.58. The lowest BCUT2D eigenvalue weighted by Crippen LogP contribution is -2.46. The molecular weight excluding hydrogens is 403 g/mol. The number of para-hydroxylation sites is 1. The average Bonchev–Trinajstić information content (AvgIpc) is 3.01. The molecule has 28 heavy (non-hydrogen) atoms. The minimum Gasteiger partial charge on any atom is -0.350 e. The topological polar surface area (TPSA) is 92.2 Å². The summed E-state index contributed by atoms with van der Waals surface area (Å²) in [4.78, 5) is 36.4. The monoisotopic (exact) mass is 418 g/mol. The van der Waals surface area contributed by atoms with Gasteiger partial charge in [-0.3, -0.25) is 25.2 Å². The molecule has 0 aliphatic carbocycles. The fraction of sp³-hybridized carbons (Fsp3) is 0.105. The third-order valence-electron chi connectivity index (χ3n) is 4.04. The van der Waals surface area contributed by atoms with Gasteiger partial charge < -0.3 is 9.88 Å². The second kappa shape index (κ2) is 8.33. The first kappa shape index (κ1) is 19.7. The van der Waals surface area contributed by atoms with Gasteiger partial charge in [0.2, 0.25) is 0 Å². The number of nitrogens with one attached hydrogen (secondary N) is 3. The number of rotatable bonds is 4. The Hall–Kier alpha value is -3.03. The van der Waals surface area contributed by atoms with E-state index in [1.54, 1.807) is 6.20 Å². The molecule has 2 aromatic carbocycles. The number of benzene rings is 2. The van der Waals surface area contributed by atoms with Gasteiger partial charge in [-0.1, -0.05) is 41.4 Å². The van der Waals surface area contributed by atoms with Gasteiger partial charge in [0, 0.05) is 29.2 Å². The molecule has 1 aromatic heterocycles. The molecule has 7 nitrogen and oxygen atoms in total. The second-order valence-electron chi connectivity index (χ2n) is 5.98. The first-order chi connectivity index (χ1) is 13.4. The zero-order valence-electron chi connectivity index (χ0n) is 14.8. The summed E-state index contributed by atoms with van der Waals surface area (Å²) >= 11 is 11.7. The van der Waals surface area contributed by atoms with E-state index >= 15 is 0 Å². The molecule has 3 rings (SSSR count). The standard InChI is InChI=1S/C19H16Cl2N4O3/c1-25-10-14(12-4-2-3-5-16(12)25)19(28)24-23-17(26)9-22-18(27)13-7-6-11(20)8-15(13)21/h2-8,10H,9H2,1H3,(H,22,27)(H,23,26)(H,24,28). The molecule has 0 saturated heterocycles. The molecule has 9 heteroatoms. The van der Waals surface area contributed by atoms with Crippen LogP contribution in [0.25, 0.3) is 10.9 Å². The molecule has 0 aliphatic rings. The van der Waals surface area contributed by atoms with Gasteiger partial charge in [-0.2, -0.15) is 0 Å². The molecule has 0 atom stereocenters. The summed E-state index contributed by atoms with van der Waals surface area (Å²) in [5.41, 5.74) is 6.12. The fourth-order valence-electron chi connectivity index (χ4n) is 2.69. The van der Waals surface area contributed by atoms with E-state index in [9.17, 15) is 14.4 Å². The number of aromatic nitrogens is 1. The molecule has 0 aliphatic heterocycles. The van der Waals surface area contributed by atoms with Gasteiger partial charge in [0.25, 0.3) is 17.7 Å². The maximum atomic E-state index is 12.4. The predicted molar refractivity (Wildman–Crippen MR) is 107 cm³/mol. The molecule has 3 amide bonds. The van der Waals surface area contributed by atoms with Crippen LogP contribution >= 0.6 is 23.2 Å². The van der Waals surface area contributed by atoms with Crippen LogP contribution in [0.3, 0.4) is 0 Å². The Kier molecular flexibility index (Phi) is 5.87. The van der Waals surface area contributed by atoms with Crippen molar-refractivity contribution in [2.45, 2.75) is 0 Å². The lowest BCUT2D eigenvalue weighted by molar-refractivity contribution is -0.120. The zero-order chi connectivity index (χ0) is 20.3. The van der Waals surface area contributed by atoms with Crippen molar-refractivity contribution in [3.05, 3.63) is 69.8 Å². The van der Waals surface area contributed by atoms with Gasteiger partial charge in [0.05, 0.1) is 22.7 Å². The highest BCUT2D eigenvalue weighted by molar-refractivity contribution is 6.36. The van der Waals surface area contributed by atoms with E-state index in [1.165, 1.54) is 18.2 Å². The Morgan fingerprint density at radius 1 is 0.964 bits per heavy atom. The van der Waals surface area contributed by atoms with Crippen molar-refractivity contribution in [1.82, 2.24) is 20.7 Å². The Balaban J connectivity index is 1.55. The fourth-order valence-corrected chi connectivity index (χ4v) is 3.18. The van der Waals surface area contributed by atoms with Crippen molar-refractivity contribution in [3.8, 4) is 0 Å². The zero-order valence-corrected chi connectivity index (χ0v) is 16.3. The van der Waals surface area contributed by atoms with Crippen LogP contribution < -0.4 is 16.2 Å². The largest absolute Gasteiger partial charge is 0.350 e. The van der Waals surface area contributed by atoms with Crippen LogP contribution in [0.5, 0.6) is 0 Å². The number of hydrogen-bond donors (Lipinski definition) is 3. The van der Waals surface area contributed by atoms with Crippen LogP contribution in [0.2, 0.25) is 10.0 Å². The summed E-state index contributed by atoms with van der Waals surface area (Å²) in [6, 6.07) is 11.8. The normalized spacial score (nSPS) is 10.5. The molecule has 3 N–H and O–H groups in total. The van der Waals surface area contributed by atoms with E-state index in [-0.39, 0.29) is 17.1 Å². The van der Waals surface area contributed by atoms with Crippen LogP contribution in [0, 0.1) is 0 Å².